The first-order chi connectivity index (χ1) is 20.8. The molecule has 198 valence electrons. The third-order valence-electron chi connectivity index (χ3n) is 7.37. The molecule has 42 heavy (non-hydrogen) atoms. The van der Waals surface area contributed by atoms with Crippen molar-refractivity contribution in [3.63, 3.8) is 0 Å². The summed E-state index contributed by atoms with van der Waals surface area (Å²) in [5.41, 5.74) is 6.49. The lowest BCUT2D eigenvalue weighted by molar-refractivity contribution is 0.477. The molecule has 0 N–H and O–H groups in total. The molecule has 0 atom stereocenters. The molecule has 8 rings (SSSR count). The van der Waals surface area contributed by atoms with Crippen LogP contribution >= 0.6 is 0 Å². The van der Waals surface area contributed by atoms with Crippen molar-refractivity contribution in [3.05, 3.63) is 133 Å². The number of nitrogens with zero attached hydrogens (tertiary/aromatic N) is 5. The Morgan fingerprint density at radius 2 is 0.833 bits per heavy atom. The lowest BCUT2D eigenvalue weighted by Crippen LogP contribution is -2.20. The Labute approximate surface area is 242 Å². The number of hydrogen-bond acceptors (Lipinski definition) is 7. The lowest BCUT2D eigenvalue weighted by atomic mass is 10.0. The zero-order valence-electron chi connectivity index (χ0n) is 22.2. The van der Waals surface area contributed by atoms with Gasteiger partial charge in [0, 0.05) is 12.4 Å². The second kappa shape index (κ2) is 9.51. The molecule has 7 heteroatoms. The van der Waals surface area contributed by atoms with Gasteiger partial charge in [0.2, 0.25) is 0 Å². The number of nitriles is 1. The summed E-state index contributed by atoms with van der Waals surface area (Å²) in [6.07, 6.45) is 3.12. The Bertz CT molecular complexity index is 1830. The van der Waals surface area contributed by atoms with Crippen LogP contribution < -0.4 is 19.3 Å². The van der Waals surface area contributed by atoms with Gasteiger partial charge >= 0.3 is 0 Å². The van der Waals surface area contributed by atoms with Gasteiger partial charge in [-0.2, -0.15) is 5.26 Å². The Balaban J connectivity index is 1.45. The number of anilines is 6. The van der Waals surface area contributed by atoms with Gasteiger partial charge in [0.15, 0.2) is 28.8 Å². The molecule has 6 aromatic rings. The topological polar surface area (TPSA) is 74.5 Å². The largest absolute Gasteiger partial charge is 0.453 e. The zero-order valence-corrected chi connectivity index (χ0v) is 22.2. The second-order valence-electron chi connectivity index (χ2n) is 9.82. The fraction of sp³-hybridized carbons (Fsp3) is 0. The molecule has 5 aromatic carbocycles. The third-order valence-corrected chi connectivity index (χ3v) is 7.37. The van der Waals surface area contributed by atoms with Gasteiger partial charge in [0.25, 0.3) is 0 Å². The molecule has 0 radical (unpaired) electrons. The molecule has 0 bridgehead atoms. The van der Waals surface area contributed by atoms with Crippen LogP contribution in [0, 0.1) is 11.3 Å². The quantitative estimate of drug-likeness (QED) is 0.220. The highest BCUT2D eigenvalue weighted by Gasteiger charge is 2.33. The van der Waals surface area contributed by atoms with Crippen LogP contribution in [0.4, 0.5) is 34.1 Å². The molecule has 0 saturated carbocycles. The van der Waals surface area contributed by atoms with Crippen LogP contribution in [-0.2, 0) is 0 Å². The summed E-state index contributed by atoms with van der Waals surface area (Å²) in [6, 6.07) is 40.2. The van der Waals surface area contributed by atoms with E-state index in [4.69, 9.17) is 19.4 Å². The van der Waals surface area contributed by atoms with Crippen molar-refractivity contribution in [2.45, 2.75) is 0 Å². The van der Waals surface area contributed by atoms with Gasteiger partial charge in [0.05, 0.1) is 45.3 Å². The van der Waals surface area contributed by atoms with Crippen molar-refractivity contribution in [1.29, 1.82) is 5.26 Å². The van der Waals surface area contributed by atoms with Gasteiger partial charge in [-0.3, -0.25) is 0 Å². The number of benzene rings is 5. The summed E-state index contributed by atoms with van der Waals surface area (Å²) < 4.78 is 12.6. The minimum absolute atomic E-state index is 0.391. The van der Waals surface area contributed by atoms with Crippen LogP contribution in [0.15, 0.2) is 128 Å². The van der Waals surface area contributed by atoms with Crippen LogP contribution in [-0.4, -0.2) is 9.97 Å². The average molecular weight is 544 g/mol. The Morgan fingerprint density at radius 1 is 0.476 bits per heavy atom. The normalized spacial score (nSPS) is 12.5. The van der Waals surface area contributed by atoms with E-state index in [-0.39, 0.29) is 0 Å². The summed E-state index contributed by atoms with van der Waals surface area (Å²) in [6.45, 7) is 0. The maximum atomic E-state index is 9.48. The van der Waals surface area contributed by atoms with E-state index in [2.05, 4.69) is 28.0 Å². The van der Waals surface area contributed by atoms with Crippen molar-refractivity contribution in [3.8, 4) is 40.5 Å². The van der Waals surface area contributed by atoms with Gasteiger partial charge in [-0.15, -0.1) is 0 Å². The van der Waals surface area contributed by atoms with Gasteiger partial charge < -0.3 is 19.3 Å². The van der Waals surface area contributed by atoms with Gasteiger partial charge in [-0.1, -0.05) is 54.6 Å². The fourth-order valence-electron chi connectivity index (χ4n) is 5.57. The predicted octanol–water partition coefficient (Wildman–Crippen LogP) is 9.17. The highest BCUT2D eigenvalue weighted by molar-refractivity contribution is 6.00. The highest BCUT2D eigenvalue weighted by atomic mass is 16.5. The first-order valence-corrected chi connectivity index (χ1v) is 13.5. The van der Waals surface area contributed by atoms with Crippen molar-refractivity contribution >= 4 is 34.1 Å². The number of para-hydroxylation sites is 8. The van der Waals surface area contributed by atoms with E-state index in [1.54, 1.807) is 12.4 Å². The van der Waals surface area contributed by atoms with Crippen LogP contribution in [0.1, 0.15) is 5.56 Å². The molecule has 3 heterocycles. The van der Waals surface area contributed by atoms with Crippen LogP contribution in [0.2, 0.25) is 0 Å². The van der Waals surface area contributed by atoms with Crippen molar-refractivity contribution < 1.29 is 9.47 Å². The van der Waals surface area contributed by atoms with Crippen LogP contribution in [0.3, 0.4) is 0 Å². The first kappa shape index (κ1) is 23.7. The molecule has 1 aromatic heterocycles. The Morgan fingerprint density at radius 3 is 1.21 bits per heavy atom. The number of hydrogen-bond donors (Lipinski definition) is 0. The third kappa shape index (κ3) is 3.67. The molecule has 0 aliphatic carbocycles. The minimum atomic E-state index is 0.391. The molecular formula is C35H21N5O2. The molecule has 2 aliphatic heterocycles. The zero-order chi connectivity index (χ0) is 28.0. The van der Waals surface area contributed by atoms with E-state index in [9.17, 15) is 5.26 Å². The highest BCUT2D eigenvalue weighted by Crippen LogP contribution is 2.56. The average Bonchev–Trinajstić information content (AvgIpc) is 3.06. The molecule has 0 saturated heterocycles. The van der Waals surface area contributed by atoms with Gasteiger partial charge in [-0.25, -0.2) is 9.97 Å². The number of rotatable bonds is 3. The van der Waals surface area contributed by atoms with Crippen LogP contribution in [0.5, 0.6) is 23.0 Å². The summed E-state index contributed by atoms with van der Waals surface area (Å²) in [7, 11) is 0. The summed E-state index contributed by atoms with van der Waals surface area (Å²) in [4.78, 5) is 13.8. The lowest BCUT2D eigenvalue weighted by Gasteiger charge is -2.37. The molecule has 0 unspecified atom stereocenters. The van der Waals surface area contributed by atoms with E-state index in [0.717, 1.165) is 62.7 Å². The maximum Gasteiger partial charge on any atom is 0.163 e. The maximum absolute atomic E-state index is 9.48. The van der Waals surface area contributed by atoms with E-state index in [1.807, 2.05) is 103 Å². The van der Waals surface area contributed by atoms with Gasteiger partial charge in [-0.05, 0) is 60.7 Å². The molecule has 0 fully saturated rings. The Kier molecular flexibility index (Phi) is 5.37. The van der Waals surface area contributed by atoms with Crippen molar-refractivity contribution in [1.82, 2.24) is 9.97 Å². The minimum Gasteiger partial charge on any atom is -0.453 e. The SMILES string of the molecule is N#Cc1cnc(-c2c(N3c4ccccc4Oc4ccccc43)cccc2N2c3ccccc3Oc3ccccc32)nc1. The number of aromatic nitrogens is 2. The van der Waals surface area contributed by atoms with Crippen molar-refractivity contribution in [2.24, 2.45) is 0 Å². The standard InChI is InChI=1S/C35H21N5O2/c36-20-23-21-37-35(38-22-23)34-28(39-24-10-1-5-16-30(24)41-31-17-6-2-11-25(31)39)14-9-15-29(34)40-26-12-3-7-18-32(26)42-33-19-8-4-13-27(33)40/h1-19,21-22H. The first-order valence-electron chi connectivity index (χ1n) is 13.5. The summed E-state index contributed by atoms with van der Waals surface area (Å²) in [5.74, 6) is 3.47. The molecule has 0 spiro atoms. The van der Waals surface area contributed by atoms with Crippen molar-refractivity contribution in [2.75, 3.05) is 9.80 Å². The van der Waals surface area contributed by atoms with Crippen LogP contribution in [0.25, 0.3) is 11.4 Å². The predicted molar refractivity (Wildman–Crippen MR) is 162 cm³/mol. The second-order valence-corrected chi connectivity index (χ2v) is 9.82. The summed E-state index contributed by atoms with van der Waals surface area (Å²) >= 11 is 0. The van der Waals surface area contributed by atoms with Gasteiger partial charge in [0.1, 0.15) is 6.07 Å². The van der Waals surface area contributed by atoms with E-state index in [0.29, 0.717) is 11.4 Å². The van der Waals surface area contributed by atoms with E-state index >= 15 is 0 Å². The van der Waals surface area contributed by atoms with E-state index in [1.165, 1.54) is 0 Å². The molecule has 0 amide bonds. The number of fused-ring (bicyclic) bond motifs is 4. The molecule has 7 nitrogen and oxygen atoms in total. The monoisotopic (exact) mass is 543 g/mol. The smallest absolute Gasteiger partial charge is 0.163 e. The van der Waals surface area contributed by atoms with E-state index < -0.39 is 0 Å². The Hall–Kier alpha value is -6.13. The molecular weight excluding hydrogens is 522 g/mol. The summed E-state index contributed by atoms with van der Waals surface area (Å²) in [5, 5.41) is 9.48. The molecule has 2 aliphatic rings. The number of ether oxygens (including phenoxy) is 2. The fourth-order valence-corrected chi connectivity index (χ4v) is 5.57.